The van der Waals surface area contributed by atoms with E-state index >= 15 is 0 Å². The van der Waals surface area contributed by atoms with Gasteiger partial charge in [-0.05, 0) is 41.0 Å². The van der Waals surface area contributed by atoms with E-state index in [1.807, 2.05) is 44.8 Å². The molecule has 0 radical (unpaired) electrons. The van der Waals surface area contributed by atoms with Gasteiger partial charge < -0.3 is 5.32 Å². The molecule has 2 heterocycles. The van der Waals surface area contributed by atoms with Crippen molar-refractivity contribution >= 4 is 11.8 Å². The number of carbonyl (C=O) groups excluding carboxylic acids is 1. The van der Waals surface area contributed by atoms with Gasteiger partial charge in [0.05, 0.1) is 23.0 Å². The molecule has 1 atom stereocenters. The Balaban J connectivity index is 2.06. The van der Waals surface area contributed by atoms with Crippen LogP contribution in [-0.4, -0.2) is 25.6 Å². The molecule has 2 amide bonds. The van der Waals surface area contributed by atoms with Crippen LogP contribution in [0, 0.1) is 6.92 Å². The molecule has 2 N–H and O–H groups in total. The number of nitrogens with one attached hydrogen (secondary N) is 2. The van der Waals surface area contributed by atoms with Gasteiger partial charge in [0.1, 0.15) is 5.82 Å². The second-order valence-electron chi connectivity index (χ2n) is 7.10. The number of rotatable bonds is 4. The molecule has 0 unspecified atom stereocenters. The van der Waals surface area contributed by atoms with Gasteiger partial charge in [-0.25, -0.2) is 4.79 Å². The van der Waals surface area contributed by atoms with Crippen LogP contribution in [0.1, 0.15) is 57.6 Å². The molecule has 0 bridgehead atoms. The predicted octanol–water partition coefficient (Wildman–Crippen LogP) is 3.13. The molecule has 0 fully saturated rings. The van der Waals surface area contributed by atoms with Crippen molar-refractivity contribution in [3.63, 3.8) is 0 Å². The zero-order valence-corrected chi connectivity index (χ0v) is 15.6. The van der Waals surface area contributed by atoms with Crippen LogP contribution in [0.25, 0.3) is 0 Å². The third-order valence-electron chi connectivity index (χ3n) is 3.97. The molecule has 0 aliphatic rings. The van der Waals surface area contributed by atoms with E-state index in [0.717, 1.165) is 23.4 Å². The first-order valence-electron chi connectivity index (χ1n) is 8.29. The van der Waals surface area contributed by atoms with Crippen LogP contribution in [-0.2, 0) is 19.0 Å². The molecule has 7 heteroatoms. The summed E-state index contributed by atoms with van der Waals surface area (Å²) in [5.74, 6) is 0.679. The molecule has 0 aliphatic heterocycles. The highest BCUT2D eigenvalue weighted by atomic mass is 16.2. The van der Waals surface area contributed by atoms with Gasteiger partial charge in [-0.3, -0.25) is 14.7 Å². The van der Waals surface area contributed by atoms with Crippen molar-refractivity contribution in [3.8, 4) is 0 Å². The third-order valence-corrected chi connectivity index (χ3v) is 3.97. The molecular formula is C17H28N6O. The zero-order valence-electron chi connectivity index (χ0n) is 15.6. The monoisotopic (exact) mass is 332 g/mol. The van der Waals surface area contributed by atoms with Crippen molar-refractivity contribution in [1.82, 2.24) is 24.9 Å². The van der Waals surface area contributed by atoms with Crippen molar-refractivity contribution < 1.29 is 4.79 Å². The Kier molecular flexibility index (Phi) is 5.01. The van der Waals surface area contributed by atoms with Gasteiger partial charge in [0.2, 0.25) is 0 Å². The minimum atomic E-state index is -0.254. The van der Waals surface area contributed by atoms with Crippen molar-refractivity contribution in [2.75, 3.05) is 5.32 Å². The number of carbonyl (C=O) groups is 1. The molecule has 2 aromatic heterocycles. The van der Waals surface area contributed by atoms with E-state index in [1.54, 1.807) is 4.68 Å². The Labute approximate surface area is 143 Å². The van der Waals surface area contributed by atoms with E-state index in [-0.39, 0.29) is 17.6 Å². The molecule has 0 saturated carbocycles. The molecule has 0 aromatic carbocycles. The summed E-state index contributed by atoms with van der Waals surface area (Å²) in [7, 11) is 1.82. The Morgan fingerprint density at radius 1 is 1.33 bits per heavy atom. The maximum absolute atomic E-state index is 12.3. The lowest BCUT2D eigenvalue weighted by Crippen LogP contribution is -2.32. The van der Waals surface area contributed by atoms with Crippen LogP contribution in [0.4, 0.5) is 10.6 Å². The molecule has 132 valence electrons. The summed E-state index contributed by atoms with van der Waals surface area (Å²) < 4.78 is 3.61. The van der Waals surface area contributed by atoms with Gasteiger partial charge in [-0.2, -0.15) is 10.2 Å². The molecule has 0 saturated heterocycles. The standard InChI is InChI=1S/C17H28N6O/c1-8-13-9-15(22(7)21-13)19-16(24)18-11(2)14-10-23(17(4,5)6)20-12(14)3/h9-11H,8H2,1-7H3,(H2,18,19,24)/t11-/m0/s1. The highest BCUT2D eigenvalue weighted by Crippen LogP contribution is 2.21. The minimum Gasteiger partial charge on any atom is -0.331 e. The van der Waals surface area contributed by atoms with Gasteiger partial charge in [0.25, 0.3) is 0 Å². The number of hydrogen-bond acceptors (Lipinski definition) is 3. The number of aromatic nitrogens is 4. The Morgan fingerprint density at radius 3 is 2.50 bits per heavy atom. The van der Waals surface area contributed by atoms with Gasteiger partial charge in [0, 0.05) is 24.9 Å². The van der Waals surface area contributed by atoms with Gasteiger partial charge in [-0.15, -0.1) is 0 Å². The predicted molar refractivity (Wildman–Crippen MR) is 95.1 cm³/mol. The number of aryl methyl sites for hydroxylation is 3. The van der Waals surface area contributed by atoms with Crippen LogP contribution in [0.15, 0.2) is 12.3 Å². The number of nitrogens with zero attached hydrogens (tertiary/aromatic N) is 4. The van der Waals surface area contributed by atoms with Gasteiger partial charge >= 0.3 is 6.03 Å². The van der Waals surface area contributed by atoms with Crippen LogP contribution in [0.5, 0.6) is 0 Å². The minimum absolute atomic E-state index is 0.0871. The molecule has 0 spiro atoms. The summed E-state index contributed by atoms with van der Waals surface area (Å²) in [6, 6.07) is 1.49. The topological polar surface area (TPSA) is 76.8 Å². The number of hydrogen-bond donors (Lipinski definition) is 2. The second kappa shape index (κ2) is 6.67. The quantitative estimate of drug-likeness (QED) is 0.903. The number of urea groups is 1. The molecule has 2 aromatic rings. The van der Waals surface area contributed by atoms with Crippen LogP contribution in [0.3, 0.4) is 0 Å². The van der Waals surface area contributed by atoms with Crippen LogP contribution >= 0.6 is 0 Å². The summed E-state index contributed by atoms with van der Waals surface area (Å²) in [5, 5.41) is 14.7. The van der Waals surface area contributed by atoms with Crippen molar-refractivity contribution in [1.29, 1.82) is 0 Å². The van der Waals surface area contributed by atoms with Gasteiger partial charge in [0.15, 0.2) is 0 Å². The van der Waals surface area contributed by atoms with Gasteiger partial charge in [-0.1, -0.05) is 6.92 Å². The third kappa shape index (κ3) is 3.96. The number of anilines is 1. The van der Waals surface area contributed by atoms with Crippen molar-refractivity contribution in [2.24, 2.45) is 7.05 Å². The summed E-state index contributed by atoms with van der Waals surface area (Å²) in [6.07, 6.45) is 2.83. The van der Waals surface area contributed by atoms with E-state index in [2.05, 4.69) is 41.6 Å². The van der Waals surface area contributed by atoms with Crippen molar-refractivity contribution in [2.45, 2.75) is 59.5 Å². The Morgan fingerprint density at radius 2 is 2.00 bits per heavy atom. The van der Waals surface area contributed by atoms with E-state index in [1.165, 1.54) is 0 Å². The van der Waals surface area contributed by atoms with Crippen molar-refractivity contribution in [3.05, 3.63) is 29.2 Å². The van der Waals surface area contributed by atoms with E-state index in [4.69, 9.17) is 0 Å². The highest BCUT2D eigenvalue weighted by molar-refractivity contribution is 5.88. The maximum atomic E-state index is 12.3. The molecule has 7 nitrogen and oxygen atoms in total. The maximum Gasteiger partial charge on any atom is 0.320 e. The van der Waals surface area contributed by atoms with Crippen LogP contribution < -0.4 is 10.6 Å². The second-order valence-corrected chi connectivity index (χ2v) is 7.10. The smallest absolute Gasteiger partial charge is 0.320 e. The first-order valence-corrected chi connectivity index (χ1v) is 8.29. The Bertz CT molecular complexity index is 722. The molecule has 0 aliphatic carbocycles. The normalized spacial score (nSPS) is 13.0. The summed E-state index contributed by atoms with van der Waals surface area (Å²) >= 11 is 0. The lowest BCUT2D eigenvalue weighted by atomic mass is 10.1. The zero-order chi connectivity index (χ0) is 18.1. The fraction of sp³-hybridized carbons (Fsp3) is 0.588. The molecule has 24 heavy (non-hydrogen) atoms. The summed E-state index contributed by atoms with van der Waals surface area (Å²) in [6.45, 7) is 12.2. The fourth-order valence-corrected chi connectivity index (χ4v) is 2.49. The first kappa shape index (κ1) is 18.0. The van der Waals surface area contributed by atoms with Crippen LogP contribution in [0.2, 0.25) is 0 Å². The fourth-order valence-electron chi connectivity index (χ4n) is 2.49. The molecule has 2 rings (SSSR count). The summed E-state index contributed by atoms with van der Waals surface area (Å²) in [5.41, 5.74) is 2.80. The largest absolute Gasteiger partial charge is 0.331 e. The van der Waals surface area contributed by atoms with E-state index < -0.39 is 0 Å². The average molecular weight is 332 g/mol. The highest BCUT2D eigenvalue weighted by Gasteiger charge is 2.20. The Hall–Kier alpha value is -2.31. The number of amides is 2. The van der Waals surface area contributed by atoms with E-state index in [0.29, 0.717) is 5.82 Å². The molecular weight excluding hydrogens is 304 g/mol. The lowest BCUT2D eigenvalue weighted by Gasteiger charge is -2.19. The average Bonchev–Trinajstić information content (AvgIpc) is 3.02. The van der Waals surface area contributed by atoms with E-state index in [9.17, 15) is 4.79 Å². The summed E-state index contributed by atoms with van der Waals surface area (Å²) in [4.78, 5) is 12.3. The first-order chi connectivity index (χ1) is 11.1. The lowest BCUT2D eigenvalue weighted by molar-refractivity contribution is 0.249. The SMILES string of the molecule is CCc1cc(NC(=O)N[C@@H](C)c2cn(C(C)(C)C)nc2C)n(C)n1.